The SMILES string of the molecule is Cc1cc(Cl)c(Nc2ncnc(N)c2C(C)C)cc1Cl. The van der Waals surface area contributed by atoms with Crippen LogP contribution in [0.2, 0.25) is 10.0 Å². The molecule has 2 aromatic rings. The summed E-state index contributed by atoms with van der Waals surface area (Å²) in [7, 11) is 0. The number of anilines is 3. The Labute approximate surface area is 128 Å². The van der Waals surface area contributed by atoms with Crippen LogP contribution in [0.3, 0.4) is 0 Å². The van der Waals surface area contributed by atoms with Crippen LogP contribution in [0, 0.1) is 6.92 Å². The van der Waals surface area contributed by atoms with E-state index < -0.39 is 0 Å². The molecule has 0 aliphatic heterocycles. The standard InChI is InChI=1S/C14H16Cl2N4/c1-7(2)12-13(17)18-6-19-14(12)20-11-5-9(15)8(3)4-10(11)16/h4-7H,1-3H3,(H3,17,18,19,20). The molecule has 1 aromatic heterocycles. The molecular weight excluding hydrogens is 295 g/mol. The van der Waals surface area contributed by atoms with Gasteiger partial charge in [-0.1, -0.05) is 37.0 Å². The van der Waals surface area contributed by atoms with Crippen LogP contribution in [0.1, 0.15) is 30.9 Å². The molecule has 0 unspecified atom stereocenters. The monoisotopic (exact) mass is 310 g/mol. The maximum absolute atomic E-state index is 6.23. The Morgan fingerprint density at radius 3 is 2.50 bits per heavy atom. The van der Waals surface area contributed by atoms with Gasteiger partial charge in [0.2, 0.25) is 0 Å². The average Bonchev–Trinajstić information content (AvgIpc) is 2.35. The molecule has 4 nitrogen and oxygen atoms in total. The van der Waals surface area contributed by atoms with Crippen molar-refractivity contribution in [2.45, 2.75) is 26.7 Å². The summed E-state index contributed by atoms with van der Waals surface area (Å²) in [5, 5.41) is 4.41. The molecule has 106 valence electrons. The minimum atomic E-state index is 0.193. The predicted octanol–water partition coefficient (Wildman–Crippen LogP) is 4.54. The molecule has 0 bridgehead atoms. The number of benzene rings is 1. The van der Waals surface area contributed by atoms with E-state index in [9.17, 15) is 0 Å². The van der Waals surface area contributed by atoms with Gasteiger partial charge in [0.1, 0.15) is 18.0 Å². The van der Waals surface area contributed by atoms with E-state index in [1.807, 2.05) is 26.8 Å². The Morgan fingerprint density at radius 1 is 1.15 bits per heavy atom. The van der Waals surface area contributed by atoms with Crippen LogP contribution in [0.25, 0.3) is 0 Å². The first-order chi connectivity index (χ1) is 9.40. The number of aryl methyl sites for hydroxylation is 1. The topological polar surface area (TPSA) is 63.8 Å². The average molecular weight is 311 g/mol. The van der Waals surface area contributed by atoms with Crippen LogP contribution >= 0.6 is 23.2 Å². The van der Waals surface area contributed by atoms with Crippen LogP contribution in [-0.4, -0.2) is 9.97 Å². The van der Waals surface area contributed by atoms with Gasteiger partial charge in [0.05, 0.1) is 10.7 Å². The fourth-order valence-electron chi connectivity index (χ4n) is 1.95. The number of hydrogen-bond donors (Lipinski definition) is 2. The van der Waals surface area contributed by atoms with E-state index in [1.165, 1.54) is 6.33 Å². The molecule has 20 heavy (non-hydrogen) atoms. The molecule has 0 radical (unpaired) electrons. The highest BCUT2D eigenvalue weighted by atomic mass is 35.5. The number of nitrogens with zero attached hydrogens (tertiary/aromatic N) is 2. The summed E-state index contributed by atoms with van der Waals surface area (Å²) in [6.07, 6.45) is 1.42. The van der Waals surface area contributed by atoms with E-state index in [0.717, 1.165) is 11.1 Å². The highest BCUT2D eigenvalue weighted by Crippen LogP contribution is 2.34. The van der Waals surface area contributed by atoms with Crippen molar-refractivity contribution in [3.8, 4) is 0 Å². The molecule has 6 heteroatoms. The first kappa shape index (κ1) is 14.9. The molecule has 0 amide bonds. The molecule has 0 spiro atoms. The van der Waals surface area contributed by atoms with Crippen molar-refractivity contribution in [3.63, 3.8) is 0 Å². The zero-order valence-electron chi connectivity index (χ0n) is 11.5. The number of nitrogens with one attached hydrogen (secondary N) is 1. The maximum atomic E-state index is 6.23. The second-order valence-corrected chi connectivity index (χ2v) is 5.70. The van der Waals surface area contributed by atoms with Gasteiger partial charge in [-0.2, -0.15) is 0 Å². The van der Waals surface area contributed by atoms with Crippen molar-refractivity contribution in [2.75, 3.05) is 11.1 Å². The molecule has 0 saturated carbocycles. The second-order valence-electron chi connectivity index (χ2n) is 4.88. The molecule has 1 aromatic carbocycles. The van der Waals surface area contributed by atoms with Crippen molar-refractivity contribution in [3.05, 3.63) is 39.6 Å². The molecule has 0 aliphatic rings. The van der Waals surface area contributed by atoms with Crippen LogP contribution in [0.15, 0.2) is 18.5 Å². The van der Waals surface area contributed by atoms with Crippen molar-refractivity contribution < 1.29 is 0 Å². The van der Waals surface area contributed by atoms with E-state index in [2.05, 4.69) is 15.3 Å². The molecule has 1 heterocycles. The highest BCUT2D eigenvalue weighted by Gasteiger charge is 2.14. The van der Waals surface area contributed by atoms with E-state index in [0.29, 0.717) is 27.4 Å². The number of nitrogens with two attached hydrogens (primary N) is 1. The highest BCUT2D eigenvalue weighted by molar-refractivity contribution is 6.35. The van der Waals surface area contributed by atoms with Crippen molar-refractivity contribution >= 4 is 40.5 Å². The zero-order valence-corrected chi connectivity index (χ0v) is 13.0. The zero-order chi connectivity index (χ0) is 14.9. The smallest absolute Gasteiger partial charge is 0.139 e. The summed E-state index contributed by atoms with van der Waals surface area (Å²) >= 11 is 12.4. The fourth-order valence-corrected chi connectivity index (χ4v) is 2.38. The maximum Gasteiger partial charge on any atom is 0.139 e. The lowest BCUT2D eigenvalue weighted by Gasteiger charge is -2.16. The third-order valence-electron chi connectivity index (χ3n) is 2.99. The minimum Gasteiger partial charge on any atom is -0.383 e. The Balaban J connectivity index is 2.45. The van der Waals surface area contributed by atoms with Gasteiger partial charge in [-0.05, 0) is 30.5 Å². The number of rotatable bonds is 3. The molecular formula is C14H16Cl2N4. The summed E-state index contributed by atoms with van der Waals surface area (Å²) in [5.74, 6) is 1.31. The lowest BCUT2D eigenvalue weighted by atomic mass is 10.0. The summed E-state index contributed by atoms with van der Waals surface area (Å²) < 4.78 is 0. The third-order valence-corrected chi connectivity index (χ3v) is 3.71. The van der Waals surface area contributed by atoms with Gasteiger partial charge < -0.3 is 11.1 Å². The molecule has 0 saturated heterocycles. The largest absolute Gasteiger partial charge is 0.383 e. The van der Waals surface area contributed by atoms with Crippen molar-refractivity contribution in [1.29, 1.82) is 0 Å². The van der Waals surface area contributed by atoms with Crippen LogP contribution in [0.4, 0.5) is 17.3 Å². The number of hydrogen-bond acceptors (Lipinski definition) is 4. The van der Waals surface area contributed by atoms with E-state index in [1.54, 1.807) is 6.07 Å². The van der Waals surface area contributed by atoms with Crippen LogP contribution < -0.4 is 11.1 Å². The van der Waals surface area contributed by atoms with Crippen LogP contribution in [0.5, 0.6) is 0 Å². The Bertz CT molecular complexity index is 641. The predicted molar refractivity (Wildman–Crippen MR) is 85.0 cm³/mol. The molecule has 0 fully saturated rings. The normalized spacial score (nSPS) is 10.9. The molecule has 3 N–H and O–H groups in total. The van der Waals surface area contributed by atoms with Gasteiger partial charge >= 0.3 is 0 Å². The second kappa shape index (κ2) is 5.85. The quantitative estimate of drug-likeness (QED) is 0.873. The first-order valence-corrected chi connectivity index (χ1v) is 6.98. The number of halogens is 2. The molecule has 2 rings (SSSR count). The van der Waals surface area contributed by atoms with Gasteiger partial charge in [-0.3, -0.25) is 0 Å². The van der Waals surface area contributed by atoms with Gasteiger partial charge in [-0.25, -0.2) is 9.97 Å². The van der Waals surface area contributed by atoms with E-state index in [-0.39, 0.29) is 5.92 Å². The van der Waals surface area contributed by atoms with Crippen molar-refractivity contribution in [1.82, 2.24) is 9.97 Å². The van der Waals surface area contributed by atoms with Crippen molar-refractivity contribution in [2.24, 2.45) is 0 Å². The summed E-state index contributed by atoms with van der Waals surface area (Å²) in [4.78, 5) is 8.27. The van der Waals surface area contributed by atoms with Gasteiger partial charge in [0.15, 0.2) is 0 Å². The number of aromatic nitrogens is 2. The van der Waals surface area contributed by atoms with E-state index >= 15 is 0 Å². The van der Waals surface area contributed by atoms with Gasteiger partial charge in [0.25, 0.3) is 0 Å². The fraction of sp³-hybridized carbons (Fsp3) is 0.286. The summed E-state index contributed by atoms with van der Waals surface area (Å²) in [5.41, 5.74) is 8.40. The lowest BCUT2D eigenvalue weighted by Crippen LogP contribution is -2.06. The minimum absolute atomic E-state index is 0.193. The molecule has 0 aliphatic carbocycles. The first-order valence-electron chi connectivity index (χ1n) is 6.23. The third kappa shape index (κ3) is 2.97. The number of nitrogen functional groups attached to an aromatic ring is 1. The van der Waals surface area contributed by atoms with E-state index in [4.69, 9.17) is 28.9 Å². The van der Waals surface area contributed by atoms with Crippen LogP contribution in [-0.2, 0) is 0 Å². The van der Waals surface area contributed by atoms with Gasteiger partial charge in [-0.15, -0.1) is 0 Å². The molecule has 0 atom stereocenters. The summed E-state index contributed by atoms with van der Waals surface area (Å²) in [6.45, 7) is 5.97. The van der Waals surface area contributed by atoms with Gasteiger partial charge in [0, 0.05) is 10.6 Å². The summed E-state index contributed by atoms with van der Waals surface area (Å²) in [6, 6.07) is 3.59. The Kier molecular flexibility index (Phi) is 4.35. The Hall–Kier alpha value is -1.52. The Morgan fingerprint density at radius 2 is 1.85 bits per heavy atom. The lowest BCUT2D eigenvalue weighted by molar-refractivity contribution is 0.855.